The lowest BCUT2D eigenvalue weighted by Gasteiger charge is -2.09. The molecule has 0 bridgehead atoms. The number of ether oxygens (including phenoxy) is 1. The molecular formula is C15H16N2O3. The van der Waals surface area contributed by atoms with E-state index in [1.807, 2.05) is 6.07 Å². The molecule has 0 spiro atoms. The first kappa shape index (κ1) is 13.9. The second kappa shape index (κ2) is 6.06. The zero-order chi connectivity index (χ0) is 14.5. The predicted molar refractivity (Wildman–Crippen MR) is 74.5 cm³/mol. The van der Waals surface area contributed by atoms with E-state index in [4.69, 9.17) is 10.5 Å². The Labute approximate surface area is 117 Å². The summed E-state index contributed by atoms with van der Waals surface area (Å²) in [7, 11) is 0. The summed E-state index contributed by atoms with van der Waals surface area (Å²) >= 11 is 0. The molecule has 1 heterocycles. The van der Waals surface area contributed by atoms with Crippen LogP contribution in [0.3, 0.4) is 0 Å². The molecule has 0 fully saturated rings. The van der Waals surface area contributed by atoms with Crippen LogP contribution in [0.1, 0.15) is 33.3 Å². The minimum absolute atomic E-state index is 0.334. The number of nitrogens with two attached hydrogens (primary N) is 1. The maximum atomic E-state index is 11.8. The molecule has 0 atom stereocenters. The fourth-order valence-electron chi connectivity index (χ4n) is 1.96. The van der Waals surface area contributed by atoms with Crippen LogP contribution in [-0.2, 0) is 11.3 Å². The number of hydrogen-bond acceptors (Lipinski definition) is 3. The molecule has 2 N–H and O–H groups in total. The van der Waals surface area contributed by atoms with Crippen LogP contribution in [0.2, 0.25) is 0 Å². The van der Waals surface area contributed by atoms with Gasteiger partial charge in [0.2, 0.25) is 5.91 Å². The molecule has 1 amide bonds. The van der Waals surface area contributed by atoms with Gasteiger partial charge in [0.1, 0.15) is 5.69 Å². The molecule has 0 radical (unpaired) electrons. The maximum Gasteiger partial charge on any atom is 0.354 e. The van der Waals surface area contributed by atoms with E-state index in [1.54, 1.807) is 48.0 Å². The largest absolute Gasteiger partial charge is 0.461 e. The Morgan fingerprint density at radius 3 is 2.75 bits per heavy atom. The van der Waals surface area contributed by atoms with E-state index in [1.165, 1.54) is 0 Å². The normalized spacial score (nSPS) is 10.2. The second-order valence-electron chi connectivity index (χ2n) is 4.31. The molecule has 0 saturated carbocycles. The molecule has 0 aliphatic carbocycles. The van der Waals surface area contributed by atoms with Gasteiger partial charge in [-0.25, -0.2) is 4.79 Å². The molecule has 0 unspecified atom stereocenters. The molecule has 104 valence electrons. The Bertz CT molecular complexity index is 632. The van der Waals surface area contributed by atoms with Gasteiger partial charge in [-0.15, -0.1) is 0 Å². The third-order valence-electron chi connectivity index (χ3n) is 2.88. The van der Waals surface area contributed by atoms with Gasteiger partial charge in [-0.2, -0.15) is 0 Å². The van der Waals surface area contributed by atoms with E-state index in [9.17, 15) is 9.59 Å². The standard InChI is InChI=1S/C15H16N2O3/c1-2-20-15(19)13-7-4-8-17(13)10-11-5-3-6-12(9-11)14(16)18/h3-9H,2,10H2,1H3,(H2,16,18). The Morgan fingerprint density at radius 2 is 2.05 bits per heavy atom. The van der Waals surface area contributed by atoms with Crippen LogP contribution < -0.4 is 5.73 Å². The van der Waals surface area contributed by atoms with Crippen LogP contribution in [0.5, 0.6) is 0 Å². The molecule has 20 heavy (non-hydrogen) atoms. The molecule has 2 rings (SSSR count). The average molecular weight is 272 g/mol. The van der Waals surface area contributed by atoms with Crippen molar-refractivity contribution in [3.05, 3.63) is 59.4 Å². The minimum Gasteiger partial charge on any atom is -0.461 e. The third-order valence-corrected chi connectivity index (χ3v) is 2.88. The number of primary amides is 1. The summed E-state index contributed by atoms with van der Waals surface area (Å²) in [5.74, 6) is -0.825. The van der Waals surface area contributed by atoms with Crippen LogP contribution in [0.4, 0.5) is 0 Å². The van der Waals surface area contributed by atoms with Gasteiger partial charge in [0.25, 0.3) is 0 Å². The highest BCUT2D eigenvalue weighted by atomic mass is 16.5. The van der Waals surface area contributed by atoms with Crippen LogP contribution in [0, 0.1) is 0 Å². The van der Waals surface area contributed by atoms with Crippen molar-refractivity contribution >= 4 is 11.9 Å². The van der Waals surface area contributed by atoms with Gasteiger partial charge in [0.15, 0.2) is 0 Å². The number of rotatable bonds is 5. The average Bonchev–Trinajstić information content (AvgIpc) is 2.87. The van der Waals surface area contributed by atoms with Gasteiger partial charge in [-0.3, -0.25) is 4.79 Å². The molecule has 1 aromatic heterocycles. The van der Waals surface area contributed by atoms with Crippen LogP contribution in [0.15, 0.2) is 42.6 Å². The number of amides is 1. The first-order chi connectivity index (χ1) is 9.61. The Kier molecular flexibility index (Phi) is 4.20. The van der Waals surface area contributed by atoms with Gasteiger partial charge in [-0.05, 0) is 36.8 Å². The number of benzene rings is 1. The number of hydrogen-bond donors (Lipinski definition) is 1. The summed E-state index contributed by atoms with van der Waals surface area (Å²) in [6.07, 6.45) is 1.79. The Morgan fingerprint density at radius 1 is 1.25 bits per heavy atom. The summed E-state index contributed by atoms with van der Waals surface area (Å²) in [5.41, 5.74) is 7.08. The van der Waals surface area contributed by atoms with Crippen LogP contribution in [0.25, 0.3) is 0 Å². The zero-order valence-electron chi connectivity index (χ0n) is 11.2. The smallest absolute Gasteiger partial charge is 0.354 e. The number of nitrogens with zero attached hydrogens (tertiary/aromatic N) is 1. The molecule has 1 aromatic carbocycles. The SMILES string of the molecule is CCOC(=O)c1cccn1Cc1cccc(C(N)=O)c1. The third kappa shape index (κ3) is 3.06. The van der Waals surface area contributed by atoms with Crippen molar-refractivity contribution in [2.75, 3.05) is 6.61 Å². The van der Waals surface area contributed by atoms with Crippen molar-refractivity contribution in [1.29, 1.82) is 0 Å². The van der Waals surface area contributed by atoms with Gasteiger partial charge < -0.3 is 15.0 Å². The molecular weight excluding hydrogens is 256 g/mol. The fourth-order valence-corrected chi connectivity index (χ4v) is 1.96. The Hall–Kier alpha value is -2.56. The van der Waals surface area contributed by atoms with Crippen molar-refractivity contribution in [1.82, 2.24) is 4.57 Å². The Balaban J connectivity index is 2.22. The monoisotopic (exact) mass is 272 g/mol. The minimum atomic E-state index is -0.468. The van der Waals surface area contributed by atoms with Crippen LogP contribution in [-0.4, -0.2) is 23.1 Å². The summed E-state index contributed by atoms with van der Waals surface area (Å²) in [4.78, 5) is 22.9. The first-order valence-electron chi connectivity index (χ1n) is 6.33. The summed E-state index contributed by atoms with van der Waals surface area (Å²) < 4.78 is 6.77. The number of esters is 1. The van der Waals surface area contributed by atoms with Crippen molar-refractivity contribution in [2.45, 2.75) is 13.5 Å². The van der Waals surface area contributed by atoms with Gasteiger partial charge in [0.05, 0.1) is 6.61 Å². The lowest BCUT2D eigenvalue weighted by molar-refractivity contribution is 0.0514. The van der Waals surface area contributed by atoms with Gasteiger partial charge in [-0.1, -0.05) is 12.1 Å². The van der Waals surface area contributed by atoms with E-state index in [2.05, 4.69) is 0 Å². The van der Waals surface area contributed by atoms with Crippen molar-refractivity contribution in [3.8, 4) is 0 Å². The van der Waals surface area contributed by atoms with Crippen molar-refractivity contribution < 1.29 is 14.3 Å². The molecule has 0 aliphatic rings. The lowest BCUT2D eigenvalue weighted by atomic mass is 10.1. The second-order valence-corrected chi connectivity index (χ2v) is 4.31. The quantitative estimate of drug-likeness (QED) is 0.843. The predicted octanol–water partition coefficient (Wildman–Crippen LogP) is 1.81. The molecule has 5 heteroatoms. The highest BCUT2D eigenvalue weighted by molar-refractivity contribution is 5.92. The number of aromatic nitrogens is 1. The van der Waals surface area contributed by atoms with Gasteiger partial charge in [0, 0.05) is 18.3 Å². The molecule has 5 nitrogen and oxygen atoms in total. The topological polar surface area (TPSA) is 74.3 Å². The highest BCUT2D eigenvalue weighted by Crippen LogP contribution is 2.11. The van der Waals surface area contributed by atoms with Crippen molar-refractivity contribution in [3.63, 3.8) is 0 Å². The highest BCUT2D eigenvalue weighted by Gasteiger charge is 2.12. The molecule has 2 aromatic rings. The van der Waals surface area contributed by atoms with Gasteiger partial charge >= 0.3 is 5.97 Å². The number of carbonyl (C=O) groups excluding carboxylic acids is 2. The fraction of sp³-hybridized carbons (Fsp3) is 0.200. The van der Waals surface area contributed by atoms with E-state index < -0.39 is 5.91 Å². The summed E-state index contributed by atoms with van der Waals surface area (Å²) in [6, 6.07) is 10.5. The van der Waals surface area contributed by atoms with E-state index >= 15 is 0 Å². The van der Waals surface area contributed by atoms with E-state index in [0.717, 1.165) is 5.56 Å². The summed E-state index contributed by atoms with van der Waals surface area (Å²) in [5, 5.41) is 0. The lowest BCUT2D eigenvalue weighted by Crippen LogP contribution is -2.14. The van der Waals surface area contributed by atoms with Crippen LogP contribution >= 0.6 is 0 Å². The van der Waals surface area contributed by atoms with Crippen molar-refractivity contribution in [2.24, 2.45) is 5.73 Å². The molecule has 0 aliphatic heterocycles. The van der Waals surface area contributed by atoms with E-state index in [-0.39, 0.29) is 5.97 Å². The van der Waals surface area contributed by atoms with E-state index in [0.29, 0.717) is 24.4 Å². The molecule has 0 saturated heterocycles. The number of carbonyl (C=O) groups is 2. The zero-order valence-corrected chi connectivity index (χ0v) is 11.2. The summed E-state index contributed by atoms with van der Waals surface area (Å²) in [6.45, 7) is 2.57. The first-order valence-corrected chi connectivity index (χ1v) is 6.33. The maximum absolute atomic E-state index is 11.8.